The summed E-state index contributed by atoms with van der Waals surface area (Å²) in [6, 6.07) is 69.6. The topological polar surface area (TPSA) is 38.5 Å². The molecule has 0 heterocycles. The Morgan fingerprint density at radius 2 is 1.02 bits per heavy atom. The van der Waals surface area contributed by atoms with Crippen LogP contribution in [0.1, 0.15) is 30.5 Å². The summed E-state index contributed by atoms with van der Waals surface area (Å²) in [5, 5.41) is 4.49. The monoisotopic (exact) mass is 734 g/mol. The molecule has 2 N–H and O–H groups in total. The third-order valence-corrected chi connectivity index (χ3v) is 11.7. The van der Waals surface area contributed by atoms with Crippen LogP contribution in [-0.4, -0.2) is 0 Å². The number of nitrogen functional groups attached to an aromatic ring is 1. The van der Waals surface area contributed by atoms with Gasteiger partial charge < -0.3 is 15.4 Å². The van der Waals surface area contributed by atoms with Crippen LogP contribution in [0.2, 0.25) is 0 Å². The molecule has 0 radical (unpaired) electrons. The zero-order chi connectivity index (χ0) is 38.5. The number of nitrogens with zero attached hydrogens (tertiary/aromatic N) is 1. The van der Waals surface area contributed by atoms with Gasteiger partial charge >= 0.3 is 0 Å². The quantitative estimate of drug-likeness (QED) is 0.125. The highest BCUT2D eigenvalue weighted by Gasteiger charge is 2.35. The predicted molar refractivity (Wildman–Crippen MR) is 240 cm³/mol. The highest BCUT2D eigenvalue weighted by atomic mass is 16.5. The zero-order valence-corrected chi connectivity index (χ0v) is 32.1. The Hall–Kier alpha value is -7.10. The molecule has 1 aliphatic rings. The second kappa shape index (κ2) is 13.9. The second-order valence-corrected chi connectivity index (χ2v) is 15.6. The van der Waals surface area contributed by atoms with E-state index < -0.39 is 0 Å². The fourth-order valence-electron chi connectivity index (χ4n) is 8.72. The Morgan fingerprint density at radius 3 is 1.75 bits per heavy atom. The standard InChI is InChI=1S/C54H42N2O/c1-54(2)50-16-10-9-15-47(50)48-30-27-44(34-51(48)54)56(42-23-17-38(18-24-42)37-13-7-4-8-14-37)43-25-19-39(20-26-43)40-21-28-45-41(33-40)22-29-49-46(45)31-32-52(55)53(49)57-35-36-11-5-3-6-12-36/h3-34H,35,55H2,1-2H3. The van der Waals surface area contributed by atoms with E-state index >= 15 is 0 Å². The largest absolute Gasteiger partial charge is 0.486 e. The number of nitrogens with two attached hydrogens (primary N) is 1. The van der Waals surface area contributed by atoms with Gasteiger partial charge in [-0.3, -0.25) is 0 Å². The maximum Gasteiger partial charge on any atom is 0.150 e. The van der Waals surface area contributed by atoms with E-state index in [2.05, 4.69) is 189 Å². The van der Waals surface area contributed by atoms with Crippen molar-refractivity contribution in [2.45, 2.75) is 25.9 Å². The molecule has 0 atom stereocenters. The first-order chi connectivity index (χ1) is 27.9. The maximum absolute atomic E-state index is 6.46. The van der Waals surface area contributed by atoms with Crippen molar-refractivity contribution in [2.75, 3.05) is 10.6 Å². The van der Waals surface area contributed by atoms with Gasteiger partial charge in [0.05, 0.1) is 5.69 Å². The summed E-state index contributed by atoms with van der Waals surface area (Å²) in [7, 11) is 0. The van der Waals surface area contributed by atoms with Crippen molar-refractivity contribution in [1.29, 1.82) is 0 Å². The normalized spacial score (nSPS) is 12.7. The van der Waals surface area contributed by atoms with Gasteiger partial charge in [0.25, 0.3) is 0 Å². The smallest absolute Gasteiger partial charge is 0.150 e. The first kappa shape index (κ1) is 34.4. The summed E-state index contributed by atoms with van der Waals surface area (Å²) in [5.41, 5.74) is 21.6. The molecule has 0 saturated heterocycles. The van der Waals surface area contributed by atoms with Crippen molar-refractivity contribution in [1.82, 2.24) is 0 Å². The third-order valence-electron chi connectivity index (χ3n) is 11.7. The van der Waals surface area contributed by atoms with Crippen LogP contribution in [0.5, 0.6) is 5.75 Å². The summed E-state index contributed by atoms with van der Waals surface area (Å²) in [5.74, 6) is 0.730. The van der Waals surface area contributed by atoms with Crippen LogP contribution in [0.4, 0.5) is 22.7 Å². The molecule has 0 unspecified atom stereocenters. The van der Waals surface area contributed by atoms with Gasteiger partial charge in [0.2, 0.25) is 0 Å². The minimum absolute atomic E-state index is 0.0978. The van der Waals surface area contributed by atoms with E-state index in [1.807, 2.05) is 24.3 Å². The van der Waals surface area contributed by atoms with Crippen LogP contribution in [0.3, 0.4) is 0 Å². The van der Waals surface area contributed by atoms with E-state index in [1.165, 1.54) is 49.7 Å². The summed E-state index contributed by atoms with van der Waals surface area (Å²) < 4.78 is 6.32. The zero-order valence-electron chi connectivity index (χ0n) is 32.1. The lowest BCUT2D eigenvalue weighted by Gasteiger charge is -2.28. The molecule has 274 valence electrons. The number of ether oxygens (including phenoxy) is 1. The second-order valence-electron chi connectivity index (χ2n) is 15.6. The van der Waals surface area contributed by atoms with Gasteiger partial charge in [-0.15, -0.1) is 0 Å². The molecule has 10 rings (SSSR count). The van der Waals surface area contributed by atoms with E-state index in [0.29, 0.717) is 12.3 Å². The Labute approximate surface area is 334 Å². The number of rotatable bonds is 8. The van der Waals surface area contributed by atoms with Crippen molar-refractivity contribution < 1.29 is 4.74 Å². The van der Waals surface area contributed by atoms with Crippen LogP contribution >= 0.6 is 0 Å². The molecule has 0 spiro atoms. The molecule has 1 aliphatic carbocycles. The van der Waals surface area contributed by atoms with Gasteiger partial charge in [-0.1, -0.05) is 153 Å². The van der Waals surface area contributed by atoms with Gasteiger partial charge in [0.15, 0.2) is 5.75 Å². The molecule has 9 aromatic carbocycles. The highest BCUT2D eigenvalue weighted by molar-refractivity contribution is 6.11. The lowest BCUT2D eigenvalue weighted by atomic mass is 9.82. The molecule has 3 nitrogen and oxygen atoms in total. The molecule has 0 amide bonds. The van der Waals surface area contributed by atoms with Crippen LogP contribution in [0.15, 0.2) is 194 Å². The van der Waals surface area contributed by atoms with Crippen LogP contribution in [0.25, 0.3) is 54.9 Å². The fraction of sp³-hybridized carbons (Fsp3) is 0.0741. The van der Waals surface area contributed by atoms with E-state index in [0.717, 1.165) is 44.7 Å². The van der Waals surface area contributed by atoms with Crippen molar-refractivity contribution in [3.63, 3.8) is 0 Å². The molecule has 0 saturated carbocycles. The molecule has 3 heteroatoms. The Balaban J connectivity index is 1.00. The summed E-state index contributed by atoms with van der Waals surface area (Å²) >= 11 is 0. The SMILES string of the molecule is CC1(C)c2ccccc2-c2ccc(N(c3ccc(-c4ccccc4)cc3)c3ccc(-c4ccc5c(ccc6c(OCc7ccccc7)c(N)ccc65)c4)cc3)cc21. The molecular formula is C54H42N2O. The summed E-state index contributed by atoms with van der Waals surface area (Å²) in [4.78, 5) is 2.38. The lowest BCUT2D eigenvalue weighted by molar-refractivity contribution is 0.312. The number of benzene rings is 9. The molecular weight excluding hydrogens is 693 g/mol. The van der Waals surface area contributed by atoms with Crippen molar-refractivity contribution >= 4 is 44.3 Å². The van der Waals surface area contributed by atoms with E-state index in [9.17, 15) is 0 Å². The summed E-state index contributed by atoms with van der Waals surface area (Å²) in [6.45, 7) is 5.15. The van der Waals surface area contributed by atoms with Gasteiger partial charge in [-0.05, 0) is 121 Å². The third kappa shape index (κ3) is 6.09. The van der Waals surface area contributed by atoms with Gasteiger partial charge in [-0.25, -0.2) is 0 Å². The van der Waals surface area contributed by atoms with Gasteiger partial charge in [0.1, 0.15) is 6.61 Å². The van der Waals surface area contributed by atoms with Crippen molar-refractivity contribution in [3.8, 4) is 39.1 Å². The number of fused-ring (bicyclic) bond motifs is 6. The molecule has 57 heavy (non-hydrogen) atoms. The molecule has 0 aliphatic heterocycles. The van der Waals surface area contributed by atoms with E-state index in [-0.39, 0.29) is 5.41 Å². The Morgan fingerprint density at radius 1 is 0.456 bits per heavy atom. The number of hydrogen-bond donors (Lipinski definition) is 1. The maximum atomic E-state index is 6.46. The number of anilines is 4. The fourth-order valence-corrected chi connectivity index (χ4v) is 8.72. The number of hydrogen-bond acceptors (Lipinski definition) is 3. The average Bonchev–Trinajstić information content (AvgIpc) is 3.49. The minimum atomic E-state index is -0.0978. The minimum Gasteiger partial charge on any atom is -0.486 e. The average molecular weight is 735 g/mol. The Bertz CT molecular complexity index is 2920. The molecule has 0 bridgehead atoms. The first-order valence-corrected chi connectivity index (χ1v) is 19.6. The van der Waals surface area contributed by atoms with E-state index in [4.69, 9.17) is 10.5 Å². The lowest BCUT2D eigenvalue weighted by Crippen LogP contribution is -2.16. The molecule has 0 aromatic heterocycles. The predicted octanol–water partition coefficient (Wildman–Crippen LogP) is 14.3. The van der Waals surface area contributed by atoms with Crippen molar-refractivity contribution in [3.05, 3.63) is 211 Å². The summed E-state index contributed by atoms with van der Waals surface area (Å²) in [6.07, 6.45) is 0. The molecule has 9 aromatic rings. The van der Waals surface area contributed by atoms with Crippen LogP contribution < -0.4 is 15.4 Å². The van der Waals surface area contributed by atoms with Gasteiger partial charge in [-0.2, -0.15) is 0 Å². The van der Waals surface area contributed by atoms with Crippen LogP contribution in [-0.2, 0) is 12.0 Å². The highest BCUT2D eigenvalue weighted by Crippen LogP contribution is 2.50. The van der Waals surface area contributed by atoms with Crippen LogP contribution in [0, 0.1) is 0 Å². The van der Waals surface area contributed by atoms with E-state index in [1.54, 1.807) is 0 Å². The Kier molecular flexibility index (Phi) is 8.38. The van der Waals surface area contributed by atoms with Gasteiger partial charge in [0, 0.05) is 27.9 Å². The molecule has 0 fully saturated rings. The first-order valence-electron chi connectivity index (χ1n) is 19.6. The van der Waals surface area contributed by atoms with Crippen molar-refractivity contribution in [2.24, 2.45) is 0 Å².